The third-order valence-electron chi connectivity index (χ3n) is 4.00. The van der Waals surface area contributed by atoms with E-state index in [1.54, 1.807) is 43.4 Å². The number of hydrogen-bond donors (Lipinski definition) is 2. The fourth-order valence-corrected chi connectivity index (χ4v) is 2.22. The van der Waals surface area contributed by atoms with Crippen molar-refractivity contribution in [1.82, 2.24) is 5.32 Å². The monoisotopic (exact) mass is 344 g/mol. The Hall–Kier alpha value is -2.60. The van der Waals surface area contributed by atoms with Gasteiger partial charge in [-0.05, 0) is 29.7 Å². The summed E-state index contributed by atoms with van der Waals surface area (Å²) in [6, 6.07) is 10.0. The zero-order chi connectivity index (χ0) is 18.6. The smallest absolute Gasteiger partial charge is 0.293 e. The minimum atomic E-state index is -0.675. The van der Waals surface area contributed by atoms with Crippen LogP contribution in [0.25, 0.3) is 0 Å². The number of carbonyl (C=O) groups excluding carboxylic acids is 2. The fourth-order valence-electron chi connectivity index (χ4n) is 2.22. The Morgan fingerprint density at radius 3 is 2.48 bits per heavy atom. The molecule has 2 aromatic rings. The molecule has 25 heavy (non-hydrogen) atoms. The van der Waals surface area contributed by atoms with Crippen LogP contribution in [0.5, 0.6) is 0 Å². The van der Waals surface area contributed by atoms with Crippen LogP contribution >= 0.6 is 0 Å². The molecule has 0 fully saturated rings. The maximum absolute atomic E-state index is 12.5. The van der Waals surface area contributed by atoms with E-state index in [4.69, 9.17) is 4.42 Å². The van der Waals surface area contributed by atoms with Gasteiger partial charge >= 0.3 is 0 Å². The summed E-state index contributed by atoms with van der Waals surface area (Å²) in [6.07, 6.45) is 0.749. The highest BCUT2D eigenvalue weighted by Crippen LogP contribution is 2.22. The first kappa shape index (κ1) is 18.7. The molecule has 1 aromatic heterocycles. The second-order valence-corrected chi connectivity index (χ2v) is 6.95. The number of para-hydroxylation sites is 1. The zero-order valence-corrected chi connectivity index (χ0v) is 14.9. The number of benzene rings is 1. The number of nitrogens with zero attached hydrogens (tertiary/aromatic N) is 1. The molecule has 0 radical (unpaired) electrons. The maximum Gasteiger partial charge on any atom is 0.293 e. The summed E-state index contributed by atoms with van der Waals surface area (Å²) in [5, 5.41) is 12.8. The van der Waals surface area contributed by atoms with Gasteiger partial charge < -0.3 is 19.7 Å². The predicted molar refractivity (Wildman–Crippen MR) is 95.7 cm³/mol. The molecule has 134 valence electrons. The van der Waals surface area contributed by atoms with Crippen LogP contribution in [-0.4, -0.2) is 36.6 Å². The Labute approximate surface area is 147 Å². The normalized spacial score (nSPS) is 12.5. The van der Waals surface area contributed by atoms with E-state index in [2.05, 4.69) is 5.32 Å². The maximum atomic E-state index is 12.5. The first-order valence-electron chi connectivity index (χ1n) is 8.08. The molecule has 0 spiro atoms. The van der Waals surface area contributed by atoms with E-state index < -0.39 is 6.10 Å². The van der Waals surface area contributed by atoms with Gasteiger partial charge in [-0.1, -0.05) is 32.9 Å². The summed E-state index contributed by atoms with van der Waals surface area (Å²) in [6.45, 7) is 5.82. The molecule has 0 aliphatic rings. The molecule has 2 N–H and O–H groups in total. The van der Waals surface area contributed by atoms with Crippen LogP contribution in [0.2, 0.25) is 0 Å². The first-order chi connectivity index (χ1) is 11.7. The molecule has 0 bridgehead atoms. The van der Waals surface area contributed by atoms with Crippen molar-refractivity contribution in [3.63, 3.8) is 0 Å². The zero-order valence-electron chi connectivity index (χ0n) is 14.9. The van der Waals surface area contributed by atoms with Crippen molar-refractivity contribution in [3.05, 3.63) is 54.0 Å². The fraction of sp³-hybridized carbons (Fsp3) is 0.368. The molecule has 0 aliphatic carbocycles. The minimum Gasteiger partial charge on any atom is -0.459 e. The van der Waals surface area contributed by atoms with Crippen LogP contribution in [0, 0.1) is 5.41 Å². The summed E-state index contributed by atoms with van der Waals surface area (Å²) < 4.78 is 5.13. The summed E-state index contributed by atoms with van der Waals surface area (Å²) in [7, 11) is 1.58. The van der Waals surface area contributed by atoms with Gasteiger partial charge in [0, 0.05) is 13.6 Å². The van der Waals surface area contributed by atoms with Crippen molar-refractivity contribution in [3.8, 4) is 0 Å². The number of amides is 2. The number of furan rings is 1. The van der Waals surface area contributed by atoms with Crippen LogP contribution in [0.1, 0.15) is 41.7 Å². The lowest BCUT2D eigenvalue weighted by molar-refractivity contribution is 0.0587. The molecular weight excluding hydrogens is 320 g/mol. The SMILES string of the molecule is CN(C(=O)c1ccco1)c1ccccc1C(=O)NCC(O)C(C)(C)C. The highest BCUT2D eigenvalue weighted by molar-refractivity contribution is 6.09. The van der Waals surface area contributed by atoms with Crippen molar-refractivity contribution in [1.29, 1.82) is 0 Å². The minimum absolute atomic E-state index is 0.131. The van der Waals surface area contributed by atoms with Crippen LogP contribution in [0.3, 0.4) is 0 Å². The van der Waals surface area contributed by atoms with Gasteiger partial charge in [0.25, 0.3) is 11.8 Å². The third kappa shape index (κ3) is 4.48. The van der Waals surface area contributed by atoms with E-state index in [-0.39, 0.29) is 29.5 Å². The molecule has 2 amide bonds. The lowest BCUT2D eigenvalue weighted by Gasteiger charge is -2.26. The predicted octanol–water partition coefficient (Wildman–Crippen LogP) is 2.69. The van der Waals surface area contributed by atoms with Gasteiger partial charge in [0.15, 0.2) is 5.76 Å². The van der Waals surface area contributed by atoms with E-state index in [0.29, 0.717) is 11.3 Å². The van der Waals surface area contributed by atoms with Crippen LogP contribution < -0.4 is 10.2 Å². The van der Waals surface area contributed by atoms with Crippen LogP contribution in [0.4, 0.5) is 5.69 Å². The van der Waals surface area contributed by atoms with Crippen molar-refractivity contribution >= 4 is 17.5 Å². The molecular formula is C19H24N2O4. The Kier molecular flexibility index (Phi) is 5.64. The largest absolute Gasteiger partial charge is 0.459 e. The van der Waals surface area contributed by atoms with Gasteiger partial charge in [-0.2, -0.15) is 0 Å². The van der Waals surface area contributed by atoms with Gasteiger partial charge in [0.2, 0.25) is 0 Å². The standard InChI is InChI=1S/C19H24N2O4/c1-19(2,3)16(22)12-20-17(23)13-8-5-6-9-14(13)21(4)18(24)15-10-7-11-25-15/h5-11,16,22H,12H2,1-4H3,(H,20,23). The lowest BCUT2D eigenvalue weighted by atomic mass is 9.89. The van der Waals surface area contributed by atoms with Crippen molar-refractivity contribution in [2.24, 2.45) is 5.41 Å². The molecule has 2 rings (SSSR count). The van der Waals surface area contributed by atoms with E-state index >= 15 is 0 Å². The molecule has 0 saturated carbocycles. The first-order valence-corrected chi connectivity index (χ1v) is 8.08. The number of hydrogen-bond acceptors (Lipinski definition) is 4. The van der Waals surface area contributed by atoms with E-state index in [1.807, 2.05) is 20.8 Å². The Balaban J connectivity index is 2.17. The summed E-state index contributed by atoms with van der Waals surface area (Å²) >= 11 is 0. The number of rotatable bonds is 5. The number of anilines is 1. The van der Waals surface area contributed by atoms with Gasteiger partial charge in [-0.15, -0.1) is 0 Å². The summed E-state index contributed by atoms with van der Waals surface area (Å²) in [5.41, 5.74) is 0.483. The summed E-state index contributed by atoms with van der Waals surface area (Å²) in [4.78, 5) is 26.3. The van der Waals surface area contributed by atoms with Crippen molar-refractivity contribution in [2.45, 2.75) is 26.9 Å². The van der Waals surface area contributed by atoms with Gasteiger partial charge in [0.05, 0.1) is 23.6 Å². The molecule has 0 aliphatic heterocycles. The molecule has 1 aromatic carbocycles. The topological polar surface area (TPSA) is 82.8 Å². The number of nitrogens with one attached hydrogen (secondary N) is 1. The highest BCUT2D eigenvalue weighted by Gasteiger charge is 2.24. The molecule has 0 saturated heterocycles. The second kappa shape index (κ2) is 7.53. The molecule has 6 nitrogen and oxygen atoms in total. The van der Waals surface area contributed by atoms with Gasteiger partial charge in [-0.3, -0.25) is 9.59 Å². The van der Waals surface area contributed by atoms with Crippen molar-refractivity contribution < 1.29 is 19.1 Å². The van der Waals surface area contributed by atoms with Crippen LogP contribution in [0.15, 0.2) is 47.1 Å². The second-order valence-electron chi connectivity index (χ2n) is 6.95. The molecule has 1 heterocycles. The van der Waals surface area contributed by atoms with Gasteiger partial charge in [0.1, 0.15) is 0 Å². The third-order valence-corrected chi connectivity index (χ3v) is 4.00. The van der Waals surface area contributed by atoms with Gasteiger partial charge in [-0.25, -0.2) is 0 Å². The quantitative estimate of drug-likeness (QED) is 0.874. The summed E-state index contributed by atoms with van der Waals surface area (Å²) in [5.74, 6) is -0.501. The number of aliphatic hydroxyl groups excluding tert-OH is 1. The Morgan fingerprint density at radius 2 is 1.88 bits per heavy atom. The van der Waals surface area contributed by atoms with Crippen molar-refractivity contribution in [2.75, 3.05) is 18.5 Å². The van der Waals surface area contributed by atoms with Crippen LogP contribution in [-0.2, 0) is 0 Å². The molecule has 1 unspecified atom stereocenters. The lowest BCUT2D eigenvalue weighted by Crippen LogP contribution is -2.39. The number of aliphatic hydroxyl groups is 1. The average Bonchev–Trinajstić information content (AvgIpc) is 3.11. The molecule has 1 atom stereocenters. The Bertz CT molecular complexity index is 732. The van der Waals surface area contributed by atoms with E-state index in [0.717, 1.165) is 0 Å². The molecule has 6 heteroatoms. The average molecular weight is 344 g/mol. The van der Waals surface area contributed by atoms with E-state index in [1.165, 1.54) is 11.2 Å². The highest BCUT2D eigenvalue weighted by atomic mass is 16.3. The van der Waals surface area contributed by atoms with E-state index in [9.17, 15) is 14.7 Å². The Morgan fingerprint density at radius 1 is 1.20 bits per heavy atom. The number of carbonyl (C=O) groups is 2.